The highest BCUT2D eigenvalue weighted by molar-refractivity contribution is 5.70. The standard InChI is InChI=1S/C52H85NO7/c1-6-8-10-12-14-16-18-20-22-24-25-26-27-29-30-32-34-36-38-40-42-50(54)59-47-48(46-58-45-44-49(52(56)57)53(3,4)5)60-51(55)43-41-39-37-35-33-31-28-23-21-19-17-15-13-11-9-7-2/h8,10,14,16,20,22-23,25-26,28-31,33-34,36,48-49H,6-7,9,11-13,15,17-19,21,24,27,32,35,37-47H2,1-5H3/b10-8+,16-14+,22-20+,26-25+,28-23+,30-29+,33-31+,36-34+. The van der Waals surface area contributed by atoms with Crippen molar-refractivity contribution in [1.82, 2.24) is 0 Å². The molecule has 0 aromatic rings. The fourth-order valence-electron chi connectivity index (χ4n) is 6.13. The summed E-state index contributed by atoms with van der Waals surface area (Å²) in [6, 6.07) is -0.745. The number of nitrogens with zero attached hydrogens (tertiary/aromatic N) is 1. The number of ether oxygens (including phenoxy) is 3. The first kappa shape index (κ1) is 56.2. The Labute approximate surface area is 366 Å². The van der Waals surface area contributed by atoms with Gasteiger partial charge in [-0.25, -0.2) is 0 Å². The lowest BCUT2D eigenvalue weighted by atomic mass is 10.1. The van der Waals surface area contributed by atoms with Crippen LogP contribution >= 0.6 is 0 Å². The lowest BCUT2D eigenvalue weighted by Crippen LogP contribution is -2.55. The third kappa shape index (κ3) is 39.7. The molecule has 0 spiro atoms. The monoisotopic (exact) mass is 836 g/mol. The van der Waals surface area contributed by atoms with Crippen molar-refractivity contribution in [3.8, 4) is 0 Å². The molecule has 340 valence electrons. The Morgan fingerprint density at radius 2 is 1.00 bits per heavy atom. The summed E-state index contributed by atoms with van der Waals surface area (Å²) >= 11 is 0. The first-order valence-corrected chi connectivity index (χ1v) is 23.3. The van der Waals surface area contributed by atoms with Crippen molar-refractivity contribution in [3.63, 3.8) is 0 Å². The van der Waals surface area contributed by atoms with Gasteiger partial charge in [-0.2, -0.15) is 0 Å². The quantitative estimate of drug-likeness (QED) is 0.0199. The van der Waals surface area contributed by atoms with Crippen molar-refractivity contribution >= 4 is 17.9 Å². The zero-order valence-corrected chi connectivity index (χ0v) is 38.6. The van der Waals surface area contributed by atoms with Crippen LogP contribution in [0.2, 0.25) is 0 Å². The number of allylic oxidation sites excluding steroid dienone is 16. The molecule has 0 aliphatic carbocycles. The Kier molecular flexibility index (Phi) is 39.3. The molecule has 8 nitrogen and oxygen atoms in total. The molecule has 0 fully saturated rings. The van der Waals surface area contributed by atoms with E-state index in [1.165, 1.54) is 44.9 Å². The van der Waals surface area contributed by atoms with Crippen molar-refractivity contribution in [2.45, 2.75) is 174 Å². The van der Waals surface area contributed by atoms with Crippen LogP contribution in [0, 0.1) is 0 Å². The van der Waals surface area contributed by atoms with E-state index in [1.54, 1.807) is 21.1 Å². The van der Waals surface area contributed by atoms with E-state index in [4.69, 9.17) is 14.2 Å². The number of likely N-dealkylation sites (N-methyl/N-ethyl adjacent to an activating group) is 1. The number of esters is 2. The summed E-state index contributed by atoms with van der Waals surface area (Å²) in [6.07, 6.45) is 55.8. The highest BCUT2D eigenvalue weighted by atomic mass is 16.6. The van der Waals surface area contributed by atoms with Crippen LogP contribution in [0.3, 0.4) is 0 Å². The van der Waals surface area contributed by atoms with Crippen molar-refractivity contribution in [1.29, 1.82) is 0 Å². The van der Waals surface area contributed by atoms with Crippen LogP contribution in [0.15, 0.2) is 97.2 Å². The molecule has 2 unspecified atom stereocenters. The molecule has 0 heterocycles. The van der Waals surface area contributed by atoms with Crippen LogP contribution in [-0.2, 0) is 28.6 Å². The van der Waals surface area contributed by atoms with E-state index in [1.807, 2.05) is 0 Å². The number of carbonyl (C=O) groups is 3. The molecule has 0 saturated carbocycles. The van der Waals surface area contributed by atoms with Crippen molar-refractivity contribution in [3.05, 3.63) is 97.2 Å². The second-order valence-corrected chi connectivity index (χ2v) is 16.3. The predicted molar refractivity (Wildman–Crippen MR) is 249 cm³/mol. The van der Waals surface area contributed by atoms with Gasteiger partial charge in [0.25, 0.3) is 0 Å². The zero-order chi connectivity index (χ0) is 44.2. The summed E-state index contributed by atoms with van der Waals surface area (Å²) in [5.41, 5.74) is 0. The smallest absolute Gasteiger partial charge is 0.306 e. The van der Waals surface area contributed by atoms with E-state index in [-0.39, 0.29) is 55.5 Å². The maximum Gasteiger partial charge on any atom is 0.306 e. The largest absolute Gasteiger partial charge is 0.544 e. The molecule has 8 heteroatoms. The molecule has 60 heavy (non-hydrogen) atoms. The second kappa shape index (κ2) is 42.0. The van der Waals surface area contributed by atoms with E-state index >= 15 is 0 Å². The number of carboxylic acid groups (broad SMARTS) is 1. The molecule has 0 rings (SSSR count). The molecule has 2 atom stereocenters. The average Bonchev–Trinajstić information content (AvgIpc) is 3.21. The summed E-state index contributed by atoms with van der Waals surface area (Å²) in [5, 5.41) is 11.6. The van der Waals surface area contributed by atoms with E-state index < -0.39 is 18.1 Å². The lowest BCUT2D eigenvalue weighted by Gasteiger charge is -2.34. The van der Waals surface area contributed by atoms with Gasteiger partial charge in [0.15, 0.2) is 6.10 Å². The minimum absolute atomic E-state index is 0.00569. The van der Waals surface area contributed by atoms with Crippen LogP contribution in [0.4, 0.5) is 0 Å². The van der Waals surface area contributed by atoms with E-state index in [2.05, 4.69) is 111 Å². The molecule has 0 aliphatic heterocycles. The molecule has 0 aliphatic rings. The van der Waals surface area contributed by atoms with Gasteiger partial charge in [-0.1, -0.05) is 156 Å². The van der Waals surface area contributed by atoms with Crippen LogP contribution in [0.1, 0.15) is 162 Å². The molecular formula is C52H85NO7. The average molecular weight is 836 g/mol. The minimum atomic E-state index is -1.14. The lowest BCUT2D eigenvalue weighted by molar-refractivity contribution is -0.889. The topological polar surface area (TPSA) is 102 Å². The molecule has 0 aromatic heterocycles. The number of rotatable bonds is 40. The Hall–Kier alpha value is -3.75. The van der Waals surface area contributed by atoms with Crippen LogP contribution < -0.4 is 5.11 Å². The minimum Gasteiger partial charge on any atom is -0.544 e. The molecule has 0 bridgehead atoms. The summed E-state index contributed by atoms with van der Waals surface area (Å²) in [6.45, 7) is 4.43. The van der Waals surface area contributed by atoms with E-state index in [0.717, 1.165) is 70.6 Å². The van der Waals surface area contributed by atoms with Crippen molar-refractivity contribution < 1.29 is 38.2 Å². The molecule has 0 saturated heterocycles. The van der Waals surface area contributed by atoms with Gasteiger partial charge in [0.1, 0.15) is 12.6 Å². The molecule has 0 radical (unpaired) electrons. The Balaban J connectivity index is 4.48. The number of unbranched alkanes of at least 4 members (excludes halogenated alkanes) is 11. The van der Waals surface area contributed by atoms with Gasteiger partial charge in [0, 0.05) is 19.3 Å². The van der Waals surface area contributed by atoms with Gasteiger partial charge in [0.05, 0.1) is 40.3 Å². The predicted octanol–water partition coefficient (Wildman–Crippen LogP) is 11.7. The number of carboxylic acids is 1. The first-order valence-electron chi connectivity index (χ1n) is 23.3. The molecule has 0 N–H and O–H groups in total. The summed E-state index contributed by atoms with van der Waals surface area (Å²) in [7, 11) is 5.37. The molecule has 0 aromatic carbocycles. The van der Waals surface area contributed by atoms with Crippen LogP contribution in [0.5, 0.6) is 0 Å². The Morgan fingerprint density at radius 1 is 0.533 bits per heavy atom. The third-order valence-corrected chi connectivity index (χ3v) is 9.73. The van der Waals surface area contributed by atoms with E-state index in [9.17, 15) is 19.5 Å². The molecular weight excluding hydrogens is 751 g/mol. The third-order valence-electron chi connectivity index (χ3n) is 9.73. The zero-order valence-electron chi connectivity index (χ0n) is 38.6. The highest BCUT2D eigenvalue weighted by Gasteiger charge is 2.25. The SMILES string of the molecule is CC/C=C/C/C=C/C/C=C/C/C=C/C/C=C/C/C=C/CCCC(=O)OCC(COCCC(C(=O)[O-])[N+](C)(C)C)OC(=O)CCCCC/C=C/C=C/CCCCCCCCC. The number of hydrogen-bond acceptors (Lipinski definition) is 7. The van der Waals surface area contributed by atoms with Gasteiger partial charge in [0.2, 0.25) is 0 Å². The van der Waals surface area contributed by atoms with E-state index in [0.29, 0.717) is 12.8 Å². The van der Waals surface area contributed by atoms with Crippen LogP contribution in [0.25, 0.3) is 0 Å². The fraction of sp³-hybridized carbons (Fsp3) is 0.635. The van der Waals surface area contributed by atoms with Crippen molar-refractivity contribution in [2.24, 2.45) is 0 Å². The van der Waals surface area contributed by atoms with Gasteiger partial charge < -0.3 is 28.6 Å². The summed E-state index contributed by atoms with van der Waals surface area (Å²) in [5.74, 6) is -1.86. The maximum absolute atomic E-state index is 12.7. The normalized spacial score (nSPS) is 13.8. The summed E-state index contributed by atoms with van der Waals surface area (Å²) < 4.78 is 17.1. The fourth-order valence-corrected chi connectivity index (χ4v) is 6.13. The summed E-state index contributed by atoms with van der Waals surface area (Å²) in [4.78, 5) is 36.9. The highest BCUT2D eigenvalue weighted by Crippen LogP contribution is 2.12. The van der Waals surface area contributed by atoms with Gasteiger partial charge in [-0.3, -0.25) is 9.59 Å². The maximum atomic E-state index is 12.7. The number of hydrogen-bond donors (Lipinski definition) is 0. The number of carbonyl (C=O) groups excluding carboxylic acids is 3. The second-order valence-electron chi connectivity index (χ2n) is 16.3. The number of quaternary nitrogens is 1. The molecule has 0 amide bonds. The Bertz CT molecular complexity index is 1300. The Morgan fingerprint density at radius 3 is 1.52 bits per heavy atom. The van der Waals surface area contributed by atoms with Gasteiger partial charge in [-0.15, -0.1) is 0 Å². The van der Waals surface area contributed by atoms with Gasteiger partial charge >= 0.3 is 11.9 Å². The number of aliphatic carboxylic acids is 1. The van der Waals surface area contributed by atoms with Crippen molar-refractivity contribution in [2.75, 3.05) is 41.0 Å². The first-order chi connectivity index (χ1) is 29.1. The van der Waals surface area contributed by atoms with Crippen LogP contribution in [-0.4, -0.2) is 75.5 Å². The van der Waals surface area contributed by atoms with Gasteiger partial charge in [-0.05, 0) is 83.5 Å².